The quantitative estimate of drug-likeness (QED) is 0.596. The minimum absolute atomic E-state index is 0.0950. The van der Waals surface area contributed by atoms with Gasteiger partial charge >= 0.3 is 5.69 Å². The zero-order valence-corrected chi connectivity index (χ0v) is 10.0. The first-order valence-corrected chi connectivity index (χ1v) is 5.75. The SMILES string of the molecule is CNc1ncc([N+](=O)[O-])c(NCC2CCCO2)n1. The van der Waals surface area contributed by atoms with E-state index in [1.54, 1.807) is 7.05 Å². The van der Waals surface area contributed by atoms with Crippen molar-refractivity contribution in [2.45, 2.75) is 18.9 Å². The molecule has 1 aromatic heterocycles. The average Bonchev–Trinajstić information content (AvgIpc) is 2.88. The number of ether oxygens (including phenoxy) is 1. The number of hydrogen-bond donors (Lipinski definition) is 2. The van der Waals surface area contributed by atoms with Gasteiger partial charge in [-0.3, -0.25) is 10.1 Å². The van der Waals surface area contributed by atoms with Crippen molar-refractivity contribution in [3.05, 3.63) is 16.3 Å². The highest BCUT2D eigenvalue weighted by Gasteiger charge is 2.20. The zero-order chi connectivity index (χ0) is 13.0. The van der Waals surface area contributed by atoms with Gasteiger partial charge in [0.1, 0.15) is 6.20 Å². The van der Waals surface area contributed by atoms with E-state index in [2.05, 4.69) is 20.6 Å². The van der Waals surface area contributed by atoms with E-state index in [4.69, 9.17) is 4.74 Å². The maximum atomic E-state index is 10.9. The van der Waals surface area contributed by atoms with Crippen molar-refractivity contribution in [3.8, 4) is 0 Å². The van der Waals surface area contributed by atoms with E-state index >= 15 is 0 Å². The van der Waals surface area contributed by atoms with Crippen LogP contribution in [0.1, 0.15) is 12.8 Å². The second kappa shape index (κ2) is 5.58. The molecule has 1 saturated heterocycles. The van der Waals surface area contributed by atoms with Gasteiger partial charge < -0.3 is 15.4 Å². The molecule has 1 aromatic rings. The fourth-order valence-electron chi connectivity index (χ4n) is 1.78. The molecular formula is C10H15N5O3. The van der Waals surface area contributed by atoms with Crippen molar-refractivity contribution in [3.63, 3.8) is 0 Å². The van der Waals surface area contributed by atoms with Crippen LogP contribution in [0.3, 0.4) is 0 Å². The first kappa shape index (κ1) is 12.5. The molecule has 8 heteroatoms. The molecule has 98 valence electrons. The Morgan fingerprint density at radius 1 is 1.67 bits per heavy atom. The van der Waals surface area contributed by atoms with Crippen molar-refractivity contribution in [2.75, 3.05) is 30.8 Å². The van der Waals surface area contributed by atoms with E-state index in [9.17, 15) is 10.1 Å². The molecule has 0 bridgehead atoms. The Bertz CT molecular complexity index is 434. The van der Waals surface area contributed by atoms with E-state index in [1.165, 1.54) is 6.20 Å². The predicted molar refractivity (Wildman–Crippen MR) is 65.7 cm³/mol. The van der Waals surface area contributed by atoms with Crippen molar-refractivity contribution >= 4 is 17.5 Å². The lowest BCUT2D eigenvalue weighted by Crippen LogP contribution is -2.20. The molecule has 1 fully saturated rings. The van der Waals surface area contributed by atoms with E-state index < -0.39 is 4.92 Å². The minimum atomic E-state index is -0.503. The molecule has 8 nitrogen and oxygen atoms in total. The summed E-state index contributed by atoms with van der Waals surface area (Å²) in [5.41, 5.74) is -0.132. The largest absolute Gasteiger partial charge is 0.376 e. The molecule has 0 saturated carbocycles. The van der Waals surface area contributed by atoms with Crippen LogP contribution in [0.5, 0.6) is 0 Å². The van der Waals surface area contributed by atoms with E-state index in [1.807, 2.05) is 0 Å². The van der Waals surface area contributed by atoms with Gasteiger partial charge in [-0.1, -0.05) is 0 Å². The highest BCUT2D eigenvalue weighted by molar-refractivity contribution is 5.56. The summed E-state index contributed by atoms with van der Waals surface area (Å²) in [7, 11) is 1.66. The summed E-state index contributed by atoms with van der Waals surface area (Å²) in [6.07, 6.45) is 3.28. The monoisotopic (exact) mass is 253 g/mol. The van der Waals surface area contributed by atoms with Crippen molar-refractivity contribution in [1.29, 1.82) is 0 Å². The number of nitrogens with one attached hydrogen (secondary N) is 2. The van der Waals surface area contributed by atoms with Gasteiger partial charge in [-0.25, -0.2) is 4.98 Å². The molecule has 0 amide bonds. The number of rotatable bonds is 5. The van der Waals surface area contributed by atoms with Gasteiger partial charge in [0, 0.05) is 20.2 Å². The standard InChI is InChI=1S/C10H15N5O3/c1-11-10-13-6-8(15(16)17)9(14-10)12-5-7-3-2-4-18-7/h6-7H,2-5H2,1H3,(H2,11,12,13,14). The second-order valence-corrected chi connectivity index (χ2v) is 3.95. The first-order valence-electron chi connectivity index (χ1n) is 5.75. The molecule has 0 aromatic carbocycles. The van der Waals surface area contributed by atoms with Crippen LogP contribution in [0, 0.1) is 10.1 Å². The van der Waals surface area contributed by atoms with Crippen LogP contribution in [0.2, 0.25) is 0 Å². The predicted octanol–water partition coefficient (Wildman–Crippen LogP) is 1.02. The molecule has 1 aliphatic heterocycles. The summed E-state index contributed by atoms with van der Waals surface area (Å²) in [6.45, 7) is 1.26. The van der Waals surface area contributed by atoms with Crippen LogP contribution in [0.15, 0.2) is 6.20 Å². The summed E-state index contributed by atoms with van der Waals surface area (Å²) >= 11 is 0. The summed E-state index contributed by atoms with van der Waals surface area (Å²) in [5.74, 6) is 0.560. The number of hydrogen-bond acceptors (Lipinski definition) is 7. The minimum Gasteiger partial charge on any atom is -0.376 e. The van der Waals surface area contributed by atoms with E-state index in [-0.39, 0.29) is 17.6 Å². The van der Waals surface area contributed by atoms with Crippen LogP contribution in [0.4, 0.5) is 17.5 Å². The Morgan fingerprint density at radius 2 is 2.50 bits per heavy atom. The maximum Gasteiger partial charge on any atom is 0.329 e. The first-order chi connectivity index (χ1) is 8.70. The summed E-state index contributed by atoms with van der Waals surface area (Å²) < 4.78 is 5.44. The van der Waals surface area contributed by atoms with Gasteiger partial charge in [-0.2, -0.15) is 4.98 Å². The van der Waals surface area contributed by atoms with Gasteiger partial charge in [0.2, 0.25) is 11.8 Å². The third kappa shape index (κ3) is 2.83. The average molecular weight is 253 g/mol. The van der Waals surface area contributed by atoms with Crippen molar-refractivity contribution in [1.82, 2.24) is 9.97 Å². The molecule has 1 aliphatic rings. The van der Waals surface area contributed by atoms with Crippen LogP contribution in [0.25, 0.3) is 0 Å². The molecule has 18 heavy (non-hydrogen) atoms. The molecule has 0 radical (unpaired) electrons. The normalized spacial score (nSPS) is 18.6. The Kier molecular flexibility index (Phi) is 3.88. The van der Waals surface area contributed by atoms with Crippen molar-refractivity contribution in [2.24, 2.45) is 0 Å². The molecule has 2 heterocycles. The summed E-state index contributed by atoms with van der Waals surface area (Å²) in [6, 6.07) is 0. The van der Waals surface area contributed by atoms with Gasteiger partial charge in [0.05, 0.1) is 11.0 Å². The molecule has 1 unspecified atom stereocenters. The molecule has 2 rings (SSSR count). The number of nitro groups is 1. The molecular weight excluding hydrogens is 238 g/mol. The fourth-order valence-corrected chi connectivity index (χ4v) is 1.78. The Labute approximate surface area is 104 Å². The fraction of sp³-hybridized carbons (Fsp3) is 0.600. The van der Waals surface area contributed by atoms with Gasteiger partial charge in [0.25, 0.3) is 0 Å². The number of aromatic nitrogens is 2. The van der Waals surface area contributed by atoms with E-state index in [0.29, 0.717) is 12.5 Å². The van der Waals surface area contributed by atoms with Crippen molar-refractivity contribution < 1.29 is 9.66 Å². The van der Waals surface area contributed by atoms with Crippen LogP contribution < -0.4 is 10.6 Å². The summed E-state index contributed by atoms with van der Waals surface area (Å²) in [5, 5.41) is 16.6. The highest BCUT2D eigenvalue weighted by Crippen LogP contribution is 2.22. The second-order valence-electron chi connectivity index (χ2n) is 3.95. The van der Waals surface area contributed by atoms with Crippen LogP contribution >= 0.6 is 0 Å². The number of anilines is 2. The topological polar surface area (TPSA) is 102 Å². The lowest BCUT2D eigenvalue weighted by Gasteiger charge is -2.11. The number of nitrogens with zero attached hydrogens (tertiary/aromatic N) is 3. The van der Waals surface area contributed by atoms with Crippen LogP contribution in [-0.4, -0.2) is 41.2 Å². The highest BCUT2D eigenvalue weighted by atomic mass is 16.6. The third-order valence-electron chi connectivity index (χ3n) is 2.71. The lowest BCUT2D eigenvalue weighted by molar-refractivity contribution is -0.384. The Hall–Kier alpha value is -1.96. The smallest absolute Gasteiger partial charge is 0.329 e. The lowest BCUT2D eigenvalue weighted by atomic mass is 10.2. The molecule has 1 atom stereocenters. The zero-order valence-electron chi connectivity index (χ0n) is 10.0. The molecule has 2 N–H and O–H groups in total. The third-order valence-corrected chi connectivity index (χ3v) is 2.71. The van der Waals surface area contributed by atoms with Gasteiger partial charge in [0.15, 0.2) is 0 Å². The maximum absolute atomic E-state index is 10.9. The Morgan fingerprint density at radius 3 is 3.11 bits per heavy atom. The molecule has 0 spiro atoms. The van der Waals surface area contributed by atoms with Gasteiger partial charge in [-0.15, -0.1) is 0 Å². The molecule has 0 aliphatic carbocycles. The van der Waals surface area contributed by atoms with Gasteiger partial charge in [-0.05, 0) is 12.8 Å². The van der Waals surface area contributed by atoms with E-state index in [0.717, 1.165) is 19.4 Å². The Balaban J connectivity index is 2.10. The van der Waals surface area contributed by atoms with Crippen LogP contribution in [-0.2, 0) is 4.74 Å². The summed E-state index contributed by atoms with van der Waals surface area (Å²) in [4.78, 5) is 18.2.